The highest BCUT2D eigenvalue weighted by Gasteiger charge is 2.15. The molecule has 0 saturated heterocycles. The Morgan fingerprint density at radius 2 is 1.40 bits per heavy atom. The number of hydrogen-bond donors (Lipinski definition) is 0. The third-order valence-electron chi connectivity index (χ3n) is 6.77. The van der Waals surface area contributed by atoms with E-state index in [4.69, 9.17) is 13.8 Å². The molecule has 0 amide bonds. The number of fused-ring (bicyclic) bond motifs is 1. The smallest absolute Gasteiger partial charge is 0.372 e. The van der Waals surface area contributed by atoms with E-state index in [0.717, 1.165) is 28.5 Å². The Labute approximate surface area is 242 Å². The van der Waals surface area contributed by atoms with Crippen molar-refractivity contribution < 1.29 is 27.8 Å². The number of hydrogen-bond acceptors (Lipinski definition) is 6. The van der Waals surface area contributed by atoms with Gasteiger partial charge in [0.15, 0.2) is 12.7 Å². The molecule has 1 unspecified atom stereocenters. The first kappa shape index (κ1) is 30.1. The first-order valence-corrected chi connectivity index (χ1v) is 16.8. The molecular weight excluding hydrogens is 541 g/mol. The Morgan fingerprint density at radius 3 is 2.08 bits per heavy atom. The predicted molar refractivity (Wildman–Crippen MR) is 160 cm³/mol. The summed E-state index contributed by atoms with van der Waals surface area (Å²) in [6, 6.07) is 18.0. The van der Waals surface area contributed by atoms with Crippen LogP contribution < -0.4 is 23.2 Å². The van der Waals surface area contributed by atoms with E-state index in [0.29, 0.717) is 13.2 Å². The van der Waals surface area contributed by atoms with Gasteiger partial charge in [-0.3, -0.25) is 0 Å². The Balaban J connectivity index is 1.21. The van der Waals surface area contributed by atoms with Crippen LogP contribution in [0.2, 0.25) is 0 Å². The minimum atomic E-state index is -4.63. The van der Waals surface area contributed by atoms with E-state index in [1.807, 2.05) is 52.0 Å². The van der Waals surface area contributed by atoms with Crippen LogP contribution in [0, 0.1) is 0 Å². The summed E-state index contributed by atoms with van der Waals surface area (Å²) in [6.07, 6.45) is 14.9. The van der Waals surface area contributed by atoms with Gasteiger partial charge >= 0.3 is 7.82 Å². The lowest BCUT2D eigenvalue weighted by molar-refractivity contribution is -0.683. The lowest BCUT2D eigenvalue weighted by Gasteiger charge is -2.24. The second-order valence-corrected chi connectivity index (χ2v) is 12.2. The fraction of sp³-hybridized carbons (Fsp3) is 0.406. The Morgan fingerprint density at radius 1 is 0.775 bits per heavy atom. The van der Waals surface area contributed by atoms with Crippen LogP contribution in [-0.2, 0) is 11.1 Å². The minimum Gasteiger partial charge on any atom is -0.736 e. The van der Waals surface area contributed by atoms with Crippen molar-refractivity contribution in [2.24, 2.45) is 0 Å². The van der Waals surface area contributed by atoms with Gasteiger partial charge in [0.1, 0.15) is 17.2 Å². The molecule has 0 N–H and O–H groups in total. The topological polar surface area (TPSA) is 71.7 Å². The van der Waals surface area contributed by atoms with Gasteiger partial charge in [-0.15, -0.1) is 0 Å². The van der Waals surface area contributed by atoms with E-state index in [1.54, 1.807) is 41.7 Å². The standard InChI is InChI=1S/C32H40NO5PS/c1-2-3-4-5-6-7-8-9-10-11-20-36-30-17-15-29-24-32(18-16-28(29)23-30)38-39(34,35)37-31-14-12-13-27(22-31)25-33-19-21-40-26-33/h12-19,21-24,26H,2-11,20,25H2,1H3. The van der Waals surface area contributed by atoms with Gasteiger partial charge in [-0.1, -0.05) is 100 Å². The Kier molecular flexibility index (Phi) is 11.9. The first-order valence-electron chi connectivity index (χ1n) is 14.4. The summed E-state index contributed by atoms with van der Waals surface area (Å²) < 4.78 is 31.1. The van der Waals surface area contributed by atoms with Crippen LogP contribution >= 0.6 is 19.2 Å². The molecule has 0 radical (unpaired) electrons. The maximum Gasteiger partial charge on any atom is 0.372 e. The van der Waals surface area contributed by atoms with E-state index >= 15 is 0 Å². The zero-order valence-corrected chi connectivity index (χ0v) is 25.0. The number of ether oxygens (including phenoxy) is 1. The third kappa shape index (κ3) is 10.3. The number of nitrogens with zero attached hydrogens (tertiary/aromatic N) is 1. The summed E-state index contributed by atoms with van der Waals surface area (Å²) in [4.78, 5) is 12.6. The number of unbranched alkanes of at least 4 members (excludes halogenated alkanes) is 9. The first-order chi connectivity index (χ1) is 19.5. The molecule has 0 aliphatic rings. The molecular formula is C32H40NO5PS. The fourth-order valence-corrected chi connectivity index (χ4v) is 6.05. The van der Waals surface area contributed by atoms with Crippen molar-refractivity contribution in [3.8, 4) is 17.2 Å². The molecule has 0 spiro atoms. The molecule has 8 heteroatoms. The number of benzene rings is 3. The zero-order valence-electron chi connectivity index (χ0n) is 23.3. The van der Waals surface area contributed by atoms with Crippen molar-refractivity contribution in [1.82, 2.24) is 0 Å². The van der Waals surface area contributed by atoms with Crippen molar-refractivity contribution in [1.29, 1.82) is 0 Å². The summed E-state index contributed by atoms with van der Waals surface area (Å²) in [5.41, 5.74) is 2.92. The molecule has 0 fully saturated rings. The monoisotopic (exact) mass is 581 g/mol. The molecule has 1 aromatic heterocycles. The molecule has 0 saturated carbocycles. The van der Waals surface area contributed by atoms with Crippen LogP contribution in [0.4, 0.5) is 0 Å². The van der Waals surface area contributed by atoms with Crippen LogP contribution in [0.25, 0.3) is 10.8 Å². The molecule has 6 nitrogen and oxygen atoms in total. The van der Waals surface area contributed by atoms with Gasteiger partial charge in [-0.2, -0.15) is 4.57 Å². The summed E-state index contributed by atoms with van der Waals surface area (Å²) in [6.45, 7) is 3.58. The molecule has 4 aromatic rings. The van der Waals surface area contributed by atoms with Crippen molar-refractivity contribution in [3.05, 3.63) is 83.3 Å². The number of aromatic nitrogens is 1. The SMILES string of the molecule is CCCCCCCCCCCCOc1ccc2cc(OP(=O)([O-])Oc3cccc(C[n+]4ccsc4)c3)ccc2c1. The van der Waals surface area contributed by atoms with Gasteiger partial charge in [0.25, 0.3) is 0 Å². The molecule has 0 aliphatic carbocycles. The predicted octanol–water partition coefficient (Wildman–Crippen LogP) is 8.46. The Bertz CT molecular complexity index is 1360. The number of rotatable bonds is 18. The van der Waals surface area contributed by atoms with Gasteiger partial charge in [0.2, 0.25) is 5.51 Å². The van der Waals surface area contributed by atoms with Crippen LogP contribution in [0.3, 0.4) is 0 Å². The van der Waals surface area contributed by atoms with Gasteiger partial charge < -0.3 is 18.7 Å². The van der Waals surface area contributed by atoms with Crippen LogP contribution in [0.15, 0.2) is 77.8 Å². The van der Waals surface area contributed by atoms with Crippen LogP contribution in [0.1, 0.15) is 76.7 Å². The lowest BCUT2D eigenvalue weighted by atomic mass is 10.1. The number of phosphoric acid groups is 1. The van der Waals surface area contributed by atoms with Crippen molar-refractivity contribution in [2.45, 2.75) is 77.7 Å². The minimum absolute atomic E-state index is 0.204. The average Bonchev–Trinajstić information content (AvgIpc) is 3.44. The van der Waals surface area contributed by atoms with Gasteiger partial charge in [0, 0.05) is 5.56 Å². The molecule has 0 aliphatic heterocycles. The number of thiazole rings is 1. The summed E-state index contributed by atoms with van der Waals surface area (Å²) >= 11 is 1.59. The van der Waals surface area contributed by atoms with Crippen LogP contribution in [-0.4, -0.2) is 6.61 Å². The lowest BCUT2D eigenvalue weighted by Crippen LogP contribution is -2.30. The fourth-order valence-electron chi connectivity index (χ4n) is 4.67. The maximum atomic E-state index is 12.6. The van der Waals surface area contributed by atoms with Crippen molar-refractivity contribution in [2.75, 3.05) is 6.61 Å². The van der Waals surface area contributed by atoms with Crippen molar-refractivity contribution in [3.63, 3.8) is 0 Å². The summed E-state index contributed by atoms with van der Waals surface area (Å²) in [5.74, 6) is 1.24. The molecule has 4 rings (SSSR count). The molecule has 40 heavy (non-hydrogen) atoms. The second kappa shape index (κ2) is 15.8. The normalized spacial score (nSPS) is 12.8. The highest BCUT2D eigenvalue weighted by atomic mass is 32.1. The van der Waals surface area contributed by atoms with Gasteiger partial charge in [-0.05, 0) is 53.6 Å². The molecule has 0 bridgehead atoms. The van der Waals surface area contributed by atoms with E-state index in [-0.39, 0.29) is 11.5 Å². The molecule has 1 heterocycles. The van der Waals surface area contributed by atoms with E-state index in [2.05, 4.69) is 6.92 Å². The van der Waals surface area contributed by atoms with E-state index in [9.17, 15) is 9.46 Å². The highest BCUT2D eigenvalue weighted by molar-refractivity contribution is 7.46. The third-order valence-corrected chi connectivity index (χ3v) is 8.32. The van der Waals surface area contributed by atoms with Gasteiger partial charge in [0.05, 0.1) is 12.0 Å². The second-order valence-electron chi connectivity index (χ2n) is 10.2. The van der Waals surface area contributed by atoms with E-state index in [1.165, 1.54) is 57.8 Å². The largest absolute Gasteiger partial charge is 0.736 e. The molecule has 214 valence electrons. The van der Waals surface area contributed by atoms with Crippen LogP contribution in [0.5, 0.6) is 17.2 Å². The molecule has 1 atom stereocenters. The van der Waals surface area contributed by atoms with Crippen molar-refractivity contribution >= 4 is 29.9 Å². The number of phosphoric ester groups is 1. The highest BCUT2D eigenvalue weighted by Crippen LogP contribution is 2.41. The maximum absolute atomic E-state index is 12.6. The van der Waals surface area contributed by atoms with E-state index < -0.39 is 7.82 Å². The Hall–Kier alpha value is -2.86. The summed E-state index contributed by atoms with van der Waals surface area (Å²) in [5, 5.41) is 3.79. The average molecular weight is 582 g/mol. The summed E-state index contributed by atoms with van der Waals surface area (Å²) in [7, 11) is -4.63. The van der Waals surface area contributed by atoms with Gasteiger partial charge in [-0.25, -0.2) is 4.57 Å². The molecule has 3 aromatic carbocycles. The zero-order chi connectivity index (χ0) is 28.0. The quantitative estimate of drug-likeness (QED) is 0.0670.